The van der Waals surface area contributed by atoms with E-state index < -0.39 is 12.0 Å². The van der Waals surface area contributed by atoms with Crippen molar-refractivity contribution < 1.29 is 14.3 Å². The van der Waals surface area contributed by atoms with E-state index in [1.807, 2.05) is 0 Å². The molecule has 5 nitrogen and oxygen atoms in total. The average Bonchev–Trinajstić information content (AvgIpc) is 2.52. The molecule has 1 aromatic carbocycles. The molecule has 0 saturated heterocycles. The van der Waals surface area contributed by atoms with Gasteiger partial charge in [0.25, 0.3) is 0 Å². The van der Waals surface area contributed by atoms with Gasteiger partial charge in [0, 0.05) is 5.56 Å². The van der Waals surface area contributed by atoms with E-state index in [4.69, 9.17) is 4.74 Å². The van der Waals surface area contributed by atoms with Gasteiger partial charge in [-0.25, -0.2) is 9.79 Å². The SMILES string of the molecule is CCCCCNC1C(=O)c2ccccc2N=C1C(=O)OC. The number of ether oxygens (including phenoxy) is 1. The van der Waals surface area contributed by atoms with Crippen LogP contribution in [-0.4, -0.2) is 37.2 Å². The van der Waals surface area contributed by atoms with Crippen molar-refractivity contribution in [3.8, 4) is 0 Å². The van der Waals surface area contributed by atoms with Gasteiger partial charge in [0.05, 0.1) is 12.8 Å². The summed E-state index contributed by atoms with van der Waals surface area (Å²) >= 11 is 0. The number of nitrogens with zero attached hydrogens (tertiary/aromatic N) is 1. The van der Waals surface area contributed by atoms with E-state index in [1.165, 1.54) is 7.11 Å². The first kappa shape index (κ1) is 15.4. The second-order valence-corrected chi connectivity index (χ2v) is 4.96. The summed E-state index contributed by atoms with van der Waals surface area (Å²) in [6.07, 6.45) is 3.13. The van der Waals surface area contributed by atoms with E-state index in [2.05, 4.69) is 17.2 Å². The van der Waals surface area contributed by atoms with Crippen molar-refractivity contribution in [2.24, 2.45) is 4.99 Å². The Morgan fingerprint density at radius 3 is 2.81 bits per heavy atom. The van der Waals surface area contributed by atoms with Crippen LogP contribution in [0.1, 0.15) is 36.5 Å². The van der Waals surface area contributed by atoms with E-state index in [0.717, 1.165) is 19.3 Å². The fourth-order valence-corrected chi connectivity index (χ4v) is 2.33. The van der Waals surface area contributed by atoms with E-state index in [9.17, 15) is 9.59 Å². The molecule has 0 bridgehead atoms. The largest absolute Gasteiger partial charge is 0.464 e. The zero-order chi connectivity index (χ0) is 15.2. The summed E-state index contributed by atoms with van der Waals surface area (Å²) in [7, 11) is 1.30. The van der Waals surface area contributed by atoms with Crippen molar-refractivity contribution in [1.82, 2.24) is 5.32 Å². The van der Waals surface area contributed by atoms with Gasteiger partial charge in [-0.15, -0.1) is 0 Å². The lowest BCUT2D eigenvalue weighted by Gasteiger charge is -2.23. The van der Waals surface area contributed by atoms with Crippen LogP contribution in [0.2, 0.25) is 0 Å². The number of carbonyl (C=O) groups excluding carboxylic acids is 2. The van der Waals surface area contributed by atoms with Crippen molar-refractivity contribution in [2.45, 2.75) is 32.2 Å². The van der Waals surface area contributed by atoms with Crippen LogP contribution in [-0.2, 0) is 9.53 Å². The van der Waals surface area contributed by atoms with Crippen LogP contribution in [0.3, 0.4) is 0 Å². The maximum Gasteiger partial charge on any atom is 0.354 e. The summed E-state index contributed by atoms with van der Waals surface area (Å²) in [5.74, 6) is -0.691. The lowest BCUT2D eigenvalue weighted by molar-refractivity contribution is -0.132. The minimum atomic E-state index is -0.718. The molecule has 1 heterocycles. The number of fused-ring (bicyclic) bond motifs is 1. The third-order valence-electron chi connectivity index (χ3n) is 3.47. The maximum absolute atomic E-state index is 12.6. The standard InChI is InChI=1S/C16H20N2O3/c1-3-4-7-10-17-13-14(16(20)21-2)18-12-9-6-5-8-11(12)15(13)19/h5-6,8-9,13,17H,3-4,7,10H2,1-2H3. The van der Waals surface area contributed by atoms with Crippen LogP contribution in [0.15, 0.2) is 29.3 Å². The first-order valence-corrected chi connectivity index (χ1v) is 7.22. The second kappa shape index (κ2) is 7.13. The van der Waals surface area contributed by atoms with Gasteiger partial charge >= 0.3 is 5.97 Å². The van der Waals surface area contributed by atoms with Gasteiger partial charge in [-0.2, -0.15) is 0 Å². The van der Waals surface area contributed by atoms with Gasteiger partial charge < -0.3 is 10.1 Å². The zero-order valence-electron chi connectivity index (χ0n) is 12.4. The number of unbranched alkanes of at least 4 members (excludes halogenated alkanes) is 2. The van der Waals surface area contributed by atoms with Crippen molar-refractivity contribution in [3.63, 3.8) is 0 Å². The molecule has 0 amide bonds. The molecule has 0 fully saturated rings. The second-order valence-electron chi connectivity index (χ2n) is 4.96. The smallest absolute Gasteiger partial charge is 0.354 e. The van der Waals surface area contributed by atoms with Gasteiger partial charge in [0.2, 0.25) is 0 Å². The molecule has 0 saturated carbocycles. The predicted octanol–water partition coefficient (Wildman–Crippen LogP) is 2.28. The van der Waals surface area contributed by atoms with Crippen molar-refractivity contribution in [3.05, 3.63) is 29.8 Å². The number of nitrogens with one attached hydrogen (secondary N) is 1. The maximum atomic E-state index is 12.6. The number of hydrogen-bond donors (Lipinski definition) is 1. The highest BCUT2D eigenvalue weighted by atomic mass is 16.5. The molecule has 0 aromatic heterocycles. The molecule has 0 spiro atoms. The van der Waals surface area contributed by atoms with Crippen molar-refractivity contribution in [2.75, 3.05) is 13.7 Å². The molecule has 1 N–H and O–H groups in total. The zero-order valence-corrected chi connectivity index (χ0v) is 12.4. The minimum absolute atomic E-state index is 0.127. The van der Waals surface area contributed by atoms with Crippen LogP contribution in [0.25, 0.3) is 0 Å². The molecule has 1 aromatic rings. The monoisotopic (exact) mass is 288 g/mol. The molecule has 0 radical (unpaired) electrons. The third-order valence-corrected chi connectivity index (χ3v) is 3.47. The predicted molar refractivity (Wildman–Crippen MR) is 81.2 cm³/mol. The number of Topliss-reactive ketones (excluding diaryl/α,β-unsaturated/α-hetero) is 1. The van der Waals surface area contributed by atoms with Gasteiger partial charge in [-0.05, 0) is 25.1 Å². The normalized spacial score (nSPS) is 17.1. The Bertz CT molecular complexity index is 566. The molecule has 5 heteroatoms. The van der Waals surface area contributed by atoms with Crippen LogP contribution in [0, 0.1) is 0 Å². The Morgan fingerprint density at radius 2 is 2.10 bits per heavy atom. The van der Waals surface area contributed by atoms with E-state index >= 15 is 0 Å². The molecule has 1 unspecified atom stereocenters. The summed E-state index contributed by atoms with van der Waals surface area (Å²) < 4.78 is 4.75. The molecule has 1 aliphatic rings. The number of aliphatic imine (C=N–C) groups is 1. The number of carbonyl (C=O) groups is 2. The molecular formula is C16H20N2O3. The van der Waals surface area contributed by atoms with Crippen LogP contribution >= 0.6 is 0 Å². The molecule has 112 valence electrons. The number of benzene rings is 1. The first-order chi connectivity index (χ1) is 10.2. The highest BCUT2D eigenvalue weighted by molar-refractivity contribution is 6.46. The van der Waals surface area contributed by atoms with Gasteiger partial charge in [0.15, 0.2) is 11.5 Å². The van der Waals surface area contributed by atoms with Crippen molar-refractivity contribution in [1.29, 1.82) is 0 Å². The Kier molecular flexibility index (Phi) is 5.22. The molecule has 2 rings (SSSR count). The topological polar surface area (TPSA) is 67.8 Å². The summed E-state index contributed by atoms with van der Waals surface area (Å²) in [5, 5.41) is 3.13. The summed E-state index contributed by atoms with van der Waals surface area (Å²) in [5.41, 5.74) is 1.20. The number of hydrogen-bond acceptors (Lipinski definition) is 5. The number of ketones is 1. The third kappa shape index (κ3) is 3.36. The van der Waals surface area contributed by atoms with Crippen molar-refractivity contribution >= 4 is 23.2 Å². The Morgan fingerprint density at radius 1 is 1.33 bits per heavy atom. The number of para-hydroxylation sites is 1. The average molecular weight is 288 g/mol. The molecule has 1 atom stereocenters. The molecule has 21 heavy (non-hydrogen) atoms. The minimum Gasteiger partial charge on any atom is -0.464 e. The summed E-state index contributed by atoms with van der Waals surface area (Å²) in [4.78, 5) is 28.7. The first-order valence-electron chi connectivity index (χ1n) is 7.22. The fraction of sp³-hybridized carbons (Fsp3) is 0.438. The van der Waals surface area contributed by atoms with Gasteiger partial charge in [-0.1, -0.05) is 31.9 Å². The van der Waals surface area contributed by atoms with Gasteiger partial charge in [-0.3, -0.25) is 4.79 Å². The summed E-state index contributed by atoms with van der Waals surface area (Å²) in [6, 6.07) is 6.33. The highest BCUT2D eigenvalue weighted by Crippen LogP contribution is 2.26. The Balaban J connectivity index is 2.25. The number of esters is 1. The molecule has 1 aliphatic heterocycles. The fourth-order valence-electron chi connectivity index (χ4n) is 2.33. The molecule has 0 aliphatic carbocycles. The number of rotatable bonds is 6. The van der Waals surface area contributed by atoms with Gasteiger partial charge in [0.1, 0.15) is 6.04 Å². The highest BCUT2D eigenvalue weighted by Gasteiger charge is 2.35. The van der Waals surface area contributed by atoms with E-state index in [1.54, 1.807) is 24.3 Å². The van der Waals surface area contributed by atoms with Crippen LogP contribution < -0.4 is 5.32 Å². The molecular weight excluding hydrogens is 268 g/mol. The quantitative estimate of drug-likeness (QED) is 0.644. The Hall–Kier alpha value is -2.01. The van der Waals surface area contributed by atoms with E-state index in [-0.39, 0.29) is 11.5 Å². The number of methoxy groups -OCH3 is 1. The van der Waals surface area contributed by atoms with E-state index in [0.29, 0.717) is 17.8 Å². The van der Waals surface area contributed by atoms with Crippen LogP contribution in [0.4, 0.5) is 5.69 Å². The van der Waals surface area contributed by atoms with Crippen LogP contribution in [0.5, 0.6) is 0 Å². The Labute approximate surface area is 124 Å². The lowest BCUT2D eigenvalue weighted by Crippen LogP contribution is -2.48. The lowest BCUT2D eigenvalue weighted by atomic mass is 9.95. The summed E-state index contributed by atoms with van der Waals surface area (Å²) in [6.45, 7) is 2.78.